The summed E-state index contributed by atoms with van der Waals surface area (Å²) in [6.45, 7) is 6.58. The molecule has 0 spiro atoms. The minimum atomic E-state index is -1.00. The number of fused-ring (bicyclic) bond motifs is 2. The van der Waals surface area contributed by atoms with Crippen molar-refractivity contribution in [3.8, 4) is 11.5 Å². The van der Waals surface area contributed by atoms with Crippen LogP contribution in [0.5, 0.6) is 11.5 Å². The average Bonchev–Trinajstić information content (AvgIpc) is 3.34. The molecule has 202 valence electrons. The van der Waals surface area contributed by atoms with Gasteiger partial charge in [-0.2, -0.15) is 0 Å². The molecule has 1 N–H and O–H groups in total. The third-order valence-corrected chi connectivity index (χ3v) is 7.07. The van der Waals surface area contributed by atoms with Gasteiger partial charge < -0.3 is 14.8 Å². The molecule has 1 aromatic heterocycles. The summed E-state index contributed by atoms with van der Waals surface area (Å²) in [7, 11) is 0. The predicted octanol–water partition coefficient (Wildman–Crippen LogP) is 4.94. The number of carbonyl (C=O) groups is 2. The number of rotatable bonds is 8. The Morgan fingerprint density at radius 1 is 1.05 bits per heavy atom. The number of carbonyl (C=O) groups excluding carboxylic acids is 2. The smallest absolute Gasteiger partial charge is 0.249 e. The number of nitrogens with zero attached hydrogens (tertiary/aromatic N) is 4. The van der Waals surface area contributed by atoms with Crippen molar-refractivity contribution in [2.75, 3.05) is 18.1 Å². The second kappa shape index (κ2) is 10.9. The highest BCUT2D eigenvalue weighted by Crippen LogP contribution is 2.37. The first-order valence-electron chi connectivity index (χ1n) is 12.8. The summed E-state index contributed by atoms with van der Waals surface area (Å²) >= 11 is 6.18. The molecule has 0 saturated carbocycles. The molecule has 10 heteroatoms. The molecule has 1 aliphatic heterocycles. The van der Waals surface area contributed by atoms with Crippen molar-refractivity contribution in [3.05, 3.63) is 77.3 Å². The van der Waals surface area contributed by atoms with Gasteiger partial charge in [0.15, 0.2) is 11.5 Å². The Hall–Kier alpha value is -4.11. The first kappa shape index (κ1) is 26.5. The lowest BCUT2D eigenvalue weighted by molar-refractivity contribution is -0.128. The number of amides is 2. The Bertz CT molecular complexity index is 1500. The number of halogens is 1. The van der Waals surface area contributed by atoms with Gasteiger partial charge in [0.05, 0.1) is 5.52 Å². The molecular formula is C29H30ClN5O4. The van der Waals surface area contributed by atoms with Crippen LogP contribution in [0.1, 0.15) is 38.8 Å². The highest BCUT2D eigenvalue weighted by atomic mass is 35.5. The zero-order valence-corrected chi connectivity index (χ0v) is 22.8. The van der Waals surface area contributed by atoms with Gasteiger partial charge in [-0.3, -0.25) is 14.5 Å². The zero-order chi connectivity index (χ0) is 27.6. The number of nitrogens with one attached hydrogen (secondary N) is 1. The van der Waals surface area contributed by atoms with E-state index in [1.54, 1.807) is 42.5 Å². The molecule has 4 aromatic rings. The van der Waals surface area contributed by atoms with Crippen LogP contribution in [0.25, 0.3) is 11.0 Å². The molecule has 39 heavy (non-hydrogen) atoms. The van der Waals surface area contributed by atoms with E-state index in [9.17, 15) is 9.59 Å². The minimum absolute atomic E-state index is 0.135. The maximum Gasteiger partial charge on any atom is 0.249 e. The maximum absolute atomic E-state index is 14.2. The Morgan fingerprint density at radius 3 is 2.51 bits per heavy atom. The van der Waals surface area contributed by atoms with Crippen LogP contribution in [0.3, 0.4) is 0 Å². The summed E-state index contributed by atoms with van der Waals surface area (Å²) in [6.07, 6.45) is 0.703. The van der Waals surface area contributed by atoms with E-state index in [4.69, 9.17) is 21.1 Å². The van der Waals surface area contributed by atoms with E-state index in [1.165, 1.54) is 9.58 Å². The van der Waals surface area contributed by atoms with Gasteiger partial charge in [-0.05, 0) is 62.2 Å². The van der Waals surface area contributed by atoms with Crippen LogP contribution < -0.4 is 19.7 Å². The lowest BCUT2D eigenvalue weighted by Gasteiger charge is -2.35. The Kier molecular flexibility index (Phi) is 7.43. The second-order valence-electron chi connectivity index (χ2n) is 10.0. The largest absolute Gasteiger partial charge is 0.486 e. The fraction of sp³-hybridized carbons (Fsp3) is 0.310. The predicted molar refractivity (Wildman–Crippen MR) is 149 cm³/mol. The molecule has 0 radical (unpaired) electrons. The van der Waals surface area contributed by atoms with Gasteiger partial charge in [-0.25, -0.2) is 4.68 Å². The summed E-state index contributed by atoms with van der Waals surface area (Å²) in [5.41, 5.74) is 1.99. The van der Waals surface area contributed by atoms with E-state index in [-0.39, 0.29) is 18.4 Å². The summed E-state index contributed by atoms with van der Waals surface area (Å²) in [5, 5.41) is 12.0. The molecule has 2 heterocycles. The molecule has 1 unspecified atom stereocenters. The number of benzene rings is 3. The van der Waals surface area contributed by atoms with E-state index in [2.05, 4.69) is 15.6 Å². The molecular weight excluding hydrogens is 518 g/mol. The Labute approximate surface area is 231 Å². The quantitative estimate of drug-likeness (QED) is 0.336. The van der Waals surface area contributed by atoms with Crippen LogP contribution in [0, 0.1) is 0 Å². The van der Waals surface area contributed by atoms with Crippen molar-refractivity contribution in [3.63, 3.8) is 0 Å². The fourth-order valence-corrected chi connectivity index (χ4v) is 4.54. The van der Waals surface area contributed by atoms with Crippen LogP contribution in [0.4, 0.5) is 5.69 Å². The molecule has 0 fully saturated rings. The topological polar surface area (TPSA) is 98.6 Å². The highest BCUT2D eigenvalue weighted by Gasteiger charge is 2.36. The van der Waals surface area contributed by atoms with E-state index in [0.717, 1.165) is 0 Å². The van der Waals surface area contributed by atoms with Gasteiger partial charge in [0.2, 0.25) is 11.8 Å². The van der Waals surface area contributed by atoms with Gasteiger partial charge in [-0.15, -0.1) is 5.10 Å². The molecule has 0 aliphatic carbocycles. The maximum atomic E-state index is 14.2. The Balaban J connectivity index is 1.62. The monoisotopic (exact) mass is 547 g/mol. The number of anilines is 1. The Morgan fingerprint density at radius 2 is 1.77 bits per heavy atom. The lowest BCUT2D eigenvalue weighted by Crippen LogP contribution is -2.51. The van der Waals surface area contributed by atoms with Gasteiger partial charge in [0.1, 0.15) is 31.3 Å². The third-order valence-electron chi connectivity index (χ3n) is 6.82. The molecule has 2 amide bonds. The van der Waals surface area contributed by atoms with Crippen molar-refractivity contribution >= 4 is 40.1 Å². The molecule has 5 rings (SSSR count). The third kappa shape index (κ3) is 5.68. The normalized spacial score (nSPS) is 13.6. The molecule has 1 atom stereocenters. The molecule has 3 aromatic carbocycles. The van der Waals surface area contributed by atoms with Gasteiger partial charge in [0, 0.05) is 22.3 Å². The molecule has 0 saturated heterocycles. The van der Waals surface area contributed by atoms with Crippen LogP contribution >= 0.6 is 11.6 Å². The lowest BCUT2D eigenvalue weighted by atomic mass is 9.98. The van der Waals surface area contributed by atoms with E-state index in [1.807, 2.05) is 45.0 Å². The van der Waals surface area contributed by atoms with Crippen LogP contribution in [-0.2, 0) is 16.1 Å². The second-order valence-corrected chi connectivity index (χ2v) is 10.4. The number of hydrogen-bond donors (Lipinski definition) is 1. The highest BCUT2D eigenvalue weighted by molar-refractivity contribution is 6.30. The van der Waals surface area contributed by atoms with Crippen molar-refractivity contribution in [1.29, 1.82) is 0 Å². The fourth-order valence-electron chi connectivity index (χ4n) is 4.41. The molecule has 0 bridgehead atoms. The number of ether oxygens (including phenoxy) is 2. The van der Waals surface area contributed by atoms with Crippen molar-refractivity contribution in [1.82, 2.24) is 20.3 Å². The average molecular weight is 548 g/mol. The van der Waals surface area contributed by atoms with Crippen molar-refractivity contribution in [2.24, 2.45) is 0 Å². The van der Waals surface area contributed by atoms with E-state index >= 15 is 0 Å². The summed E-state index contributed by atoms with van der Waals surface area (Å²) in [5.74, 6) is 0.411. The summed E-state index contributed by atoms with van der Waals surface area (Å²) < 4.78 is 13.0. The van der Waals surface area contributed by atoms with E-state index < -0.39 is 11.6 Å². The van der Waals surface area contributed by atoms with Crippen molar-refractivity contribution in [2.45, 2.75) is 45.3 Å². The van der Waals surface area contributed by atoms with Crippen LogP contribution in [-0.4, -0.2) is 45.6 Å². The van der Waals surface area contributed by atoms with Crippen molar-refractivity contribution < 1.29 is 19.1 Å². The zero-order valence-electron chi connectivity index (χ0n) is 22.1. The molecule has 9 nitrogen and oxygen atoms in total. The van der Waals surface area contributed by atoms with Crippen LogP contribution in [0.15, 0.2) is 66.7 Å². The van der Waals surface area contributed by atoms with Gasteiger partial charge in [-0.1, -0.05) is 48.0 Å². The summed E-state index contributed by atoms with van der Waals surface area (Å²) in [6, 6.07) is 18.6. The number of para-hydroxylation sites is 1. The summed E-state index contributed by atoms with van der Waals surface area (Å²) in [4.78, 5) is 29.7. The van der Waals surface area contributed by atoms with Gasteiger partial charge >= 0.3 is 0 Å². The number of aromatic nitrogens is 3. The van der Waals surface area contributed by atoms with E-state index in [0.29, 0.717) is 58.4 Å². The van der Waals surface area contributed by atoms with Gasteiger partial charge in [0.25, 0.3) is 0 Å². The standard InChI is InChI=1S/C29H30ClN5O4/c1-4-29(2,3)31-28(37)27(19-9-11-20(30)12-10-19)35(21-13-14-24-25(17-21)39-16-15-38-24)26(36)18-34-23-8-6-5-7-22(23)32-33-34/h5-14,17,27H,4,15-16,18H2,1-3H3,(H,31,37). The first-order valence-corrected chi connectivity index (χ1v) is 13.2. The number of hydrogen-bond acceptors (Lipinski definition) is 6. The SMILES string of the molecule is CCC(C)(C)NC(=O)C(c1ccc(Cl)cc1)N(C(=O)Cn1nnc2ccccc21)c1ccc2c(c1)OCCO2. The first-order chi connectivity index (χ1) is 18.8. The molecule has 1 aliphatic rings. The van der Waals surface area contributed by atoms with Crippen LogP contribution in [0.2, 0.25) is 5.02 Å². The minimum Gasteiger partial charge on any atom is -0.486 e.